The first kappa shape index (κ1) is 46.4. The van der Waals surface area contributed by atoms with E-state index in [1.807, 2.05) is 117 Å². The van der Waals surface area contributed by atoms with E-state index in [0.717, 1.165) is 40.1 Å². The number of benzene rings is 4. The molecule has 1 amide bonds. The number of nitrogens with two attached hydrogens (primary N) is 1. The van der Waals surface area contributed by atoms with Gasteiger partial charge in [0.25, 0.3) is 0 Å². The van der Waals surface area contributed by atoms with E-state index in [-0.39, 0.29) is 35.4 Å². The number of nitriles is 1. The second-order valence-corrected chi connectivity index (χ2v) is 15.8. The molecule has 0 radical (unpaired) electrons. The van der Waals surface area contributed by atoms with E-state index in [9.17, 15) is 14.4 Å². The summed E-state index contributed by atoms with van der Waals surface area (Å²) in [5, 5.41) is 15.9. The number of carbonyl (C=O) groups excluding carboxylic acids is 3. The molecule has 1 aromatic heterocycles. The third-order valence-electron chi connectivity index (χ3n) is 8.55. The van der Waals surface area contributed by atoms with Crippen molar-refractivity contribution in [3.63, 3.8) is 0 Å². The van der Waals surface area contributed by atoms with Crippen molar-refractivity contribution in [2.75, 3.05) is 33.8 Å². The predicted octanol–water partition coefficient (Wildman–Crippen LogP) is 10.1. The van der Waals surface area contributed by atoms with E-state index < -0.39 is 11.5 Å². The number of aromatic nitrogens is 2. The molecular weight excluding hydrogens is 804 g/mol. The number of halogens is 2. The number of carbonyl (C=O) groups is 3. The second kappa shape index (κ2) is 22.7. The average molecular weight is 850 g/mol. The highest BCUT2D eigenvalue weighted by Crippen LogP contribution is 2.41. The van der Waals surface area contributed by atoms with Crippen molar-refractivity contribution < 1.29 is 23.9 Å². The molecule has 0 unspecified atom stereocenters. The summed E-state index contributed by atoms with van der Waals surface area (Å²) in [6.45, 7) is 8.22. The Morgan fingerprint density at radius 1 is 0.825 bits per heavy atom. The number of ether oxygens (including phenoxy) is 2. The number of nitrogen functional groups attached to an aromatic ring is 1. The summed E-state index contributed by atoms with van der Waals surface area (Å²) in [5.41, 5.74) is 6.86. The Hall–Kier alpha value is -4.97. The molecule has 0 spiro atoms. The van der Waals surface area contributed by atoms with Crippen molar-refractivity contribution in [2.24, 2.45) is 11.3 Å². The van der Waals surface area contributed by atoms with Gasteiger partial charge in [-0.3, -0.25) is 16.0 Å². The quantitative estimate of drug-likeness (QED) is 0.0774. The van der Waals surface area contributed by atoms with Gasteiger partial charge in [-0.2, -0.15) is 33.9 Å². The minimum atomic E-state index is -0.814. The number of hydrazine groups is 1. The van der Waals surface area contributed by atoms with Gasteiger partial charge < -0.3 is 14.9 Å². The lowest BCUT2D eigenvalue weighted by Crippen LogP contribution is -2.40. The summed E-state index contributed by atoms with van der Waals surface area (Å²) in [6.07, 6.45) is -0.453. The van der Waals surface area contributed by atoms with E-state index in [4.69, 9.17) is 32.5 Å². The number of anilines is 2. The van der Waals surface area contributed by atoms with E-state index in [1.54, 1.807) is 52.8 Å². The third kappa shape index (κ3) is 14.5. The Kier molecular flexibility index (Phi) is 18.5. The summed E-state index contributed by atoms with van der Waals surface area (Å²) in [5.74, 6) is 10.7. The Morgan fingerprint density at radius 3 is 1.77 bits per heavy atom. The number of hydrogen-bond donors (Lipinski definition) is 3. The summed E-state index contributed by atoms with van der Waals surface area (Å²) in [4.78, 5) is 33.7. The van der Waals surface area contributed by atoms with Crippen LogP contribution in [0.1, 0.15) is 37.1 Å². The number of rotatable bonds is 8. The highest BCUT2D eigenvalue weighted by molar-refractivity contribution is 8.01. The fourth-order valence-electron chi connectivity index (χ4n) is 5.02. The molecule has 3 heterocycles. The average Bonchev–Trinajstić information content (AvgIpc) is 3.58. The number of para-hydroxylation sites is 2. The van der Waals surface area contributed by atoms with Crippen LogP contribution in [-0.4, -0.2) is 50.1 Å². The number of ketones is 1. The van der Waals surface area contributed by atoms with Crippen molar-refractivity contribution >= 4 is 76.3 Å². The molecule has 2 aliphatic heterocycles. The number of nitrogens with one attached hydrogen (secondary N) is 2. The van der Waals surface area contributed by atoms with Crippen molar-refractivity contribution in [1.82, 2.24) is 9.78 Å². The van der Waals surface area contributed by atoms with Gasteiger partial charge in [0.15, 0.2) is 5.78 Å². The molecule has 0 bridgehead atoms. The topological polar surface area (TPSA) is 161 Å². The van der Waals surface area contributed by atoms with Crippen molar-refractivity contribution in [3.05, 3.63) is 132 Å². The molecule has 2 saturated heterocycles. The lowest BCUT2D eigenvalue weighted by atomic mass is 9.88. The fourth-order valence-corrected chi connectivity index (χ4v) is 7.35. The van der Waals surface area contributed by atoms with Gasteiger partial charge >= 0.3 is 11.5 Å². The molecule has 7 rings (SSSR count). The van der Waals surface area contributed by atoms with Crippen molar-refractivity contribution in [2.45, 2.75) is 39.5 Å². The maximum absolute atomic E-state index is 12.4. The SMILES string of the molecule is CC1(C(=O)CC#N)CSC1.Cc1ccc(-n2nc(C3(C)CSC3)cc2NC(=O)Oc2ccccc2)cc1.Cc1ccc(NN)cc1.Cl.O=C(Cl)Oc1ccccc1. The number of Topliss-reactive ketones (excluding diaryl/α,β-unsaturated/α-hetero) is 1. The van der Waals surface area contributed by atoms with Crippen LogP contribution in [0.2, 0.25) is 0 Å². The number of thioether (sulfide) groups is 2. The highest BCUT2D eigenvalue weighted by atomic mass is 35.5. The molecule has 11 nitrogen and oxygen atoms in total. The van der Waals surface area contributed by atoms with Crippen LogP contribution in [-0.2, 0) is 10.2 Å². The summed E-state index contributed by atoms with van der Waals surface area (Å²) in [6, 6.07) is 37.5. The molecule has 0 atom stereocenters. The molecule has 4 N–H and O–H groups in total. The smallest absolute Gasteiger partial charge is 0.415 e. The number of amides is 1. The Bertz CT molecular complexity index is 2070. The summed E-state index contributed by atoms with van der Waals surface area (Å²) >= 11 is 8.63. The minimum Gasteiger partial charge on any atom is -0.415 e. The standard InChI is InChI=1S/C21H21N3O2S.C7H5ClO2.C7H10N2.C7H9NOS.ClH/c1-15-8-10-16(11-9-15)24-19(12-18(23-24)21(2)13-27-14-21)22-20(25)26-17-6-4-3-5-7-17;8-7(9)10-6-4-2-1-3-5-6;1-6-2-4-7(9-8)5-3-6;1-7(4-10-5-7)6(9)2-3-8;/h3-12H,13-14H2,1-2H3,(H,22,25);1-5H;2-5,9H,8H2,1H3;2,4-5H2,1H3;1H. The van der Waals surface area contributed by atoms with Crippen LogP contribution in [0.3, 0.4) is 0 Å². The van der Waals surface area contributed by atoms with Crippen LogP contribution in [0, 0.1) is 30.6 Å². The molecule has 15 heteroatoms. The zero-order valence-corrected chi connectivity index (χ0v) is 35.3. The second-order valence-electron chi connectivity index (χ2n) is 13.5. The number of aryl methyl sites for hydroxylation is 2. The van der Waals surface area contributed by atoms with Gasteiger partial charge in [-0.15, -0.1) is 12.4 Å². The van der Waals surface area contributed by atoms with E-state index >= 15 is 0 Å². The highest BCUT2D eigenvalue weighted by Gasteiger charge is 2.39. The molecule has 57 heavy (non-hydrogen) atoms. The Balaban J connectivity index is 0.000000238. The van der Waals surface area contributed by atoms with Crippen LogP contribution < -0.4 is 26.1 Å². The Morgan fingerprint density at radius 2 is 1.33 bits per heavy atom. The molecule has 0 aliphatic carbocycles. The van der Waals surface area contributed by atoms with E-state index in [1.165, 1.54) is 11.1 Å². The normalized spacial score (nSPS) is 13.8. The first-order chi connectivity index (χ1) is 26.8. The monoisotopic (exact) mass is 848 g/mol. The van der Waals surface area contributed by atoms with Gasteiger partial charge in [0.1, 0.15) is 17.3 Å². The Labute approximate surface area is 353 Å². The van der Waals surface area contributed by atoms with Gasteiger partial charge in [0.05, 0.1) is 23.9 Å². The molecule has 300 valence electrons. The van der Waals surface area contributed by atoms with Gasteiger partial charge in [-0.25, -0.2) is 14.3 Å². The molecule has 2 fully saturated rings. The van der Waals surface area contributed by atoms with Gasteiger partial charge in [-0.05, 0) is 62.4 Å². The predicted molar refractivity (Wildman–Crippen MR) is 234 cm³/mol. The molecule has 2 aliphatic rings. The molecular formula is C42H46Cl2N6O5S2. The lowest BCUT2D eigenvalue weighted by molar-refractivity contribution is -0.125. The number of hydrogen-bond acceptors (Lipinski definition) is 11. The molecule has 4 aromatic carbocycles. The molecule has 0 saturated carbocycles. The van der Waals surface area contributed by atoms with Gasteiger partial charge in [0.2, 0.25) is 0 Å². The zero-order valence-electron chi connectivity index (χ0n) is 32.1. The maximum Gasteiger partial charge on any atom is 0.418 e. The summed E-state index contributed by atoms with van der Waals surface area (Å²) in [7, 11) is 0. The van der Waals surface area contributed by atoms with E-state index in [0.29, 0.717) is 17.3 Å². The first-order valence-electron chi connectivity index (χ1n) is 17.6. The van der Waals surface area contributed by atoms with Crippen molar-refractivity contribution in [3.8, 4) is 23.3 Å². The minimum absolute atomic E-state index is 0. The molecule has 5 aromatic rings. The van der Waals surface area contributed by atoms with Crippen LogP contribution in [0.15, 0.2) is 115 Å². The third-order valence-corrected chi connectivity index (χ3v) is 12.0. The van der Waals surface area contributed by atoms with E-state index in [2.05, 4.69) is 22.4 Å². The van der Waals surface area contributed by atoms with Gasteiger partial charge in [0, 0.05) is 57.2 Å². The van der Waals surface area contributed by atoms with Crippen molar-refractivity contribution in [1.29, 1.82) is 5.26 Å². The van der Waals surface area contributed by atoms with Crippen LogP contribution in [0.5, 0.6) is 11.5 Å². The number of nitrogens with zero attached hydrogens (tertiary/aromatic N) is 3. The van der Waals surface area contributed by atoms with Crippen LogP contribution in [0.4, 0.5) is 21.1 Å². The van der Waals surface area contributed by atoms with Crippen LogP contribution in [0.25, 0.3) is 5.69 Å². The lowest BCUT2D eigenvalue weighted by Gasteiger charge is -2.35. The fraction of sp³-hybridized carbons (Fsp3) is 0.262. The summed E-state index contributed by atoms with van der Waals surface area (Å²) < 4.78 is 11.7. The van der Waals surface area contributed by atoms with Gasteiger partial charge in [-0.1, -0.05) is 85.6 Å². The first-order valence-corrected chi connectivity index (χ1v) is 20.3. The zero-order chi connectivity index (χ0) is 40.6. The maximum atomic E-state index is 12.4. The van der Waals surface area contributed by atoms with Crippen LogP contribution >= 0.6 is 47.5 Å². The largest absolute Gasteiger partial charge is 0.418 e.